The van der Waals surface area contributed by atoms with Gasteiger partial charge in [0.25, 0.3) is 11.8 Å². The van der Waals surface area contributed by atoms with E-state index in [4.69, 9.17) is 19.2 Å². The van der Waals surface area contributed by atoms with E-state index in [-0.39, 0.29) is 18.0 Å². The third kappa shape index (κ3) is 6.85. The second-order valence-corrected chi connectivity index (χ2v) is 10.8. The number of benzene rings is 3. The number of ether oxygens (including phenoxy) is 3. The summed E-state index contributed by atoms with van der Waals surface area (Å²) in [6, 6.07) is 17.4. The van der Waals surface area contributed by atoms with Gasteiger partial charge < -0.3 is 19.5 Å². The van der Waals surface area contributed by atoms with Crippen LogP contribution in [0.3, 0.4) is 0 Å². The lowest BCUT2D eigenvalue weighted by Gasteiger charge is -2.25. The number of nitrogens with zero attached hydrogens (tertiary/aromatic N) is 4. The first-order chi connectivity index (χ1) is 22.4. The van der Waals surface area contributed by atoms with Gasteiger partial charge in [-0.3, -0.25) is 29.7 Å². The molecule has 0 radical (unpaired) electrons. The fourth-order valence-corrected chi connectivity index (χ4v) is 5.32. The molecule has 6 rings (SSSR count). The number of rotatable bonds is 10. The summed E-state index contributed by atoms with van der Waals surface area (Å²) in [5.74, 6) is 0.589. The third-order valence-electron chi connectivity index (χ3n) is 7.75. The van der Waals surface area contributed by atoms with Crippen molar-refractivity contribution in [3.63, 3.8) is 0 Å². The van der Waals surface area contributed by atoms with E-state index < -0.39 is 11.7 Å². The third-order valence-corrected chi connectivity index (χ3v) is 7.75. The Morgan fingerprint density at radius 1 is 0.978 bits per heavy atom. The quantitative estimate of drug-likeness (QED) is 0.200. The zero-order chi connectivity index (χ0) is 32.0. The van der Waals surface area contributed by atoms with Crippen molar-refractivity contribution in [2.24, 2.45) is 0 Å². The van der Waals surface area contributed by atoms with Gasteiger partial charge in [0.15, 0.2) is 0 Å². The van der Waals surface area contributed by atoms with Gasteiger partial charge in [-0.25, -0.2) is 14.4 Å². The molecule has 0 aliphatic carbocycles. The second-order valence-electron chi connectivity index (χ2n) is 10.8. The molecule has 1 aliphatic rings. The van der Waals surface area contributed by atoms with E-state index in [0.717, 1.165) is 16.8 Å². The summed E-state index contributed by atoms with van der Waals surface area (Å²) in [6.45, 7) is 3.08. The summed E-state index contributed by atoms with van der Waals surface area (Å²) in [6.07, 6.45) is 2.33. The molecular weight excluding hydrogens is 593 g/mol. The molecule has 3 N–H and O–H groups in total. The summed E-state index contributed by atoms with van der Waals surface area (Å²) in [7, 11) is 3.18. The first kappa shape index (κ1) is 30.7. The monoisotopic (exact) mass is 627 g/mol. The van der Waals surface area contributed by atoms with Gasteiger partial charge in [0.05, 0.1) is 39.7 Å². The number of anilines is 1. The Morgan fingerprint density at radius 2 is 1.78 bits per heavy atom. The van der Waals surface area contributed by atoms with Crippen molar-refractivity contribution in [1.82, 2.24) is 30.1 Å². The van der Waals surface area contributed by atoms with Crippen LogP contribution >= 0.6 is 0 Å². The van der Waals surface area contributed by atoms with Crippen molar-refractivity contribution in [3.05, 3.63) is 95.1 Å². The topological polar surface area (TPSA) is 131 Å². The Kier molecular flexibility index (Phi) is 9.22. The molecule has 0 bridgehead atoms. The van der Waals surface area contributed by atoms with Crippen LogP contribution < -0.4 is 25.6 Å². The van der Waals surface area contributed by atoms with Gasteiger partial charge in [-0.15, -0.1) is 0 Å². The van der Waals surface area contributed by atoms with E-state index in [1.165, 1.54) is 6.07 Å². The number of halogens is 1. The molecular formula is C33H34FN7O5. The predicted octanol–water partition coefficient (Wildman–Crippen LogP) is 3.33. The molecule has 238 valence electrons. The van der Waals surface area contributed by atoms with Gasteiger partial charge in [0.1, 0.15) is 28.5 Å². The fraction of sp³-hybridized carbons (Fsp3) is 0.273. The molecule has 2 amide bonds. The summed E-state index contributed by atoms with van der Waals surface area (Å²) in [4.78, 5) is 36.2. The van der Waals surface area contributed by atoms with E-state index in [9.17, 15) is 14.0 Å². The lowest BCUT2D eigenvalue weighted by atomic mass is 10.1. The van der Waals surface area contributed by atoms with Crippen LogP contribution in [0, 0.1) is 5.82 Å². The van der Waals surface area contributed by atoms with Crippen LogP contribution in [0.5, 0.6) is 11.5 Å². The number of methoxy groups -OCH3 is 2. The smallest absolute Gasteiger partial charge is 0.269 e. The maximum atomic E-state index is 14.9. The lowest BCUT2D eigenvalue weighted by Crippen LogP contribution is -2.48. The number of amides is 2. The van der Waals surface area contributed by atoms with Crippen LogP contribution in [0.1, 0.15) is 27.2 Å². The van der Waals surface area contributed by atoms with Crippen molar-refractivity contribution in [1.29, 1.82) is 0 Å². The Morgan fingerprint density at radius 3 is 2.54 bits per heavy atom. The van der Waals surface area contributed by atoms with Crippen molar-refractivity contribution in [3.8, 4) is 11.5 Å². The SMILES string of the molecule is COc1ccc(CNc2nc3c(F)cccc3c3nc(Cc4ccc(C(=O)NNC(=O)CN5CCOCC5)cc4)cn23)c(OC)c1. The van der Waals surface area contributed by atoms with Crippen LogP contribution in [0.15, 0.2) is 66.9 Å². The highest BCUT2D eigenvalue weighted by Gasteiger charge is 2.17. The van der Waals surface area contributed by atoms with Gasteiger partial charge in [0.2, 0.25) is 5.95 Å². The number of carbonyl (C=O) groups excluding carboxylic acids is 2. The zero-order valence-electron chi connectivity index (χ0n) is 25.5. The van der Waals surface area contributed by atoms with Gasteiger partial charge in [-0.2, -0.15) is 0 Å². The number of hydrogen-bond acceptors (Lipinski definition) is 9. The molecule has 0 spiro atoms. The number of nitrogens with one attached hydrogen (secondary N) is 3. The summed E-state index contributed by atoms with van der Waals surface area (Å²) >= 11 is 0. The van der Waals surface area contributed by atoms with E-state index >= 15 is 0 Å². The molecule has 0 unspecified atom stereocenters. The molecule has 2 aromatic heterocycles. The summed E-state index contributed by atoms with van der Waals surface area (Å²) in [5.41, 5.74) is 8.63. The zero-order valence-corrected chi connectivity index (χ0v) is 25.5. The molecule has 46 heavy (non-hydrogen) atoms. The minimum absolute atomic E-state index is 0.186. The molecule has 1 fully saturated rings. The van der Waals surface area contributed by atoms with Gasteiger partial charge in [-0.1, -0.05) is 18.2 Å². The van der Waals surface area contributed by atoms with E-state index in [2.05, 4.69) is 21.2 Å². The highest BCUT2D eigenvalue weighted by molar-refractivity contribution is 5.95. The van der Waals surface area contributed by atoms with Crippen molar-refractivity contribution >= 4 is 34.3 Å². The van der Waals surface area contributed by atoms with Crippen LogP contribution in [0.2, 0.25) is 0 Å². The lowest BCUT2D eigenvalue weighted by molar-refractivity contribution is -0.124. The average Bonchev–Trinajstić information content (AvgIpc) is 3.51. The number of fused-ring (bicyclic) bond motifs is 3. The molecule has 1 saturated heterocycles. The molecule has 1 aliphatic heterocycles. The molecule has 13 heteroatoms. The van der Waals surface area contributed by atoms with E-state index in [1.807, 2.05) is 39.8 Å². The number of hydrogen-bond donors (Lipinski definition) is 3. The van der Waals surface area contributed by atoms with E-state index in [0.29, 0.717) is 73.3 Å². The highest BCUT2D eigenvalue weighted by Crippen LogP contribution is 2.28. The van der Waals surface area contributed by atoms with Crippen LogP contribution in [0.4, 0.5) is 10.3 Å². The Balaban J connectivity index is 1.17. The number of carbonyl (C=O) groups is 2. The summed E-state index contributed by atoms with van der Waals surface area (Å²) < 4.78 is 32.8. The standard InChI is InChI=1S/C33H34FN7O5/c1-44-25-11-10-23(28(17-25)45-2)18-35-33-37-30-26(4-3-5-27(30)34)31-36-24(19-41(31)33)16-21-6-8-22(9-7-21)32(43)39-38-29(42)20-40-12-14-46-15-13-40/h3-11,17,19H,12-16,18,20H2,1-2H3,(H,35,37)(H,38,42)(H,39,43). The Hall–Kier alpha value is -5.27. The minimum Gasteiger partial charge on any atom is -0.497 e. The van der Waals surface area contributed by atoms with Gasteiger partial charge in [0, 0.05) is 54.8 Å². The van der Waals surface area contributed by atoms with E-state index in [1.54, 1.807) is 44.6 Å². The predicted molar refractivity (Wildman–Crippen MR) is 169 cm³/mol. The second kappa shape index (κ2) is 13.8. The Bertz CT molecular complexity index is 1870. The van der Waals surface area contributed by atoms with Crippen LogP contribution in [-0.2, 0) is 22.5 Å². The average molecular weight is 628 g/mol. The maximum absolute atomic E-state index is 14.9. The number of para-hydroxylation sites is 1. The molecule has 0 atom stereocenters. The summed E-state index contributed by atoms with van der Waals surface area (Å²) in [5, 5.41) is 3.90. The number of morpholine rings is 1. The molecule has 0 saturated carbocycles. The molecule has 3 heterocycles. The van der Waals surface area contributed by atoms with Crippen LogP contribution in [0.25, 0.3) is 16.6 Å². The van der Waals surface area contributed by atoms with Crippen molar-refractivity contribution < 1.29 is 28.2 Å². The number of hydrazine groups is 1. The van der Waals surface area contributed by atoms with Crippen molar-refractivity contribution in [2.75, 3.05) is 52.4 Å². The maximum Gasteiger partial charge on any atom is 0.269 e. The number of imidazole rings is 1. The number of aromatic nitrogens is 3. The van der Waals surface area contributed by atoms with Crippen molar-refractivity contribution in [2.45, 2.75) is 13.0 Å². The molecule has 3 aromatic carbocycles. The first-order valence-electron chi connectivity index (χ1n) is 14.8. The van der Waals surface area contributed by atoms with Gasteiger partial charge in [-0.05, 0) is 42.0 Å². The fourth-order valence-electron chi connectivity index (χ4n) is 5.32. The largest absolute Gasteiger partial charge is 0.497 e. The van der Waals surface area contributed by atoms with Gasteiger partial charge >= 0.3 is 0 Å². The first-order valence-corrected chi connectivity index (χ1v) is 14.8. The Labute approximate surface area is 264 Å². The normalized spacial score (nSPS) is 13.5. The molecule has 12 nitrogen and oxygen atoms in total. The molecule has 5 aromatic rings. The highest BCUT2D eigenvalue weighted by atomic mass is 19.1. The minimum atomic E-state index is -0.444. The van der Waals surface area contributed by atoms with Crippen LogP contribution in [-0.4, -0.2) is 78.2 Å².